The summed E-state index contributed by atoms with van der Waals surface area (Å²) in [6.07, 6.45) is 11.4. The number of benzene rings is 1. The molecule has 2 N–H and O–H groups in total. The average molecular weight is 434 g/mol. The standard InChI is InChI=1S/C23H31NO5S/c1-29-20-8-6-7-17(15-20)13-14-30(27,28)24-23-19-12-11-18(16-19)21(23)9-4-2-3-5-10-22(25)26/h2,4,6-8,13-15,18-19,21,23-24H,3,5,9-12,16H2,1H3,(H,25,26). The second kappa shape index (κ2) is 10.3. The third kappa shape index (κ3) is 6.19. The highest BCUT2D eigenvalue weighted by atomic mass is 32.2. The number of nitrogens with one attached hydrogen (secondary N) is 1. The van der Waals surface area contributed by atoms with Gasteiger partial charge in [-0.1, -0.05) is 24.3 Å². The summed E-state index contributed by atoms with van der Waals surface area (Å²) in [6.45, 7) is 0. The van der Waals surface area contributed by atoms with Gasteiger partial charge in [-0.15, -0.1) is 0 Å². The predicted molar refractivity (Wildman–Crippen MR) is 117 cm³/mol. The van der Waals surface area contributed by atoms with E-state index in [1.54, 1.807) is 19.3 Å². The van der Waals surface area contributed by atoms with Crippen LogP contribution in [0.3, 0.4) is 0 Å². The molecule has 0 saturated heterocycles. The van der Waals surface area contributed by atoms with Crippen molar-refractivity contribution in [1.29, 1.82) is 0 Å². The molecule has 1 aromatic rings. The van der Waals surface area contributed by atoms with Crippen LogP contribution in [0.15, 0.2) is 41.8 Å². The lowest BCUT2D eigenvalue weighted by molar-refractivity contribution is -0.137. The Morgan fingerprint density at radius 1 is 1.27 bits per heavy atom. The van der Waals surface area contributed by atoms with Crippen LogP contribution in [0, 0.1) is 17.8 Å². The van der Waals surface area contributed by atoms with E-state index < -0.39 is 16.0 Å². The third-order valence-electron chi connectivity index (χ3n) is 6.26. The molecule has 7 heteroatoms. The molecule has 2 bridgehead atoms. The summed E-state index contributed by atoms with van der Waals surface area (Å²) < 4.78 is 33.6. The van der Waals surface area contributed by atoms with Crippen LogP contribution in [0.4, 0.5) is 0 Å². The van der Waals surface area contributed by atoms with Crippen molar-refractivity contribution >= 4 is 22.1 Å². The van der Waals surface area contributed by atoms with Crippen LogP contribution >= 0.6 is 0 Å². The number of methoxy groups -OCH3 is 1. The zero-order valence-corrected chi connectivity index (χ0v) is 18.2. The number of hydrogen-bond acceptors (Lipinski definition) is 4. The summed E-state index contributed by atoms with van der Waals surface area (Å²) in [5.41, 5.74) is 0.772. The van der Waals surface area contributed by atoms with Crippen LogP contribution in [0.1, 0.15) is 50.5 Å². The molecule has 0 aromatic heterocycles. The molecule has 164 valence electrons. The van der Waals surface area contributed by atoms with E-state index in [0.717, 1.165) is 31.2 Å². The second-order valence-corrected chi connectivity index (χ2v) is 9.86. The van der Waals surface area contributed by atoms with E-state index in [-0.39, 0.29) is 12.5 Å². The summed E-state index contributed by atoms with van der Waals surface area (Å²) in [5, 5.41) is 9.94. The van der Waals surface area contributed by atoms with Gasteiger partial charge in [0, 0.05) is 17.9 Å². The minimum Gasteiger partial charge on any atom is -0.497 e. The Hall–Kier alpha value is -2.12. The highest BCUT2D eigenvalue weighted by molar-refractivity contribution is 7.92. The van der Waals surface area contributed by atoms with Gasteiger partial charge >= 0.3 is 5.97 Å². The van der Waals surface area contributed by atoms with E-state index in [1.807, 2.05) is 24.3 Å². The molecule has 2 fully saturated rings. The molecule has 0 spiro atoms. The summed E-state index contributed by atoms with van der Waals surface area (Å²) in [4.78, 5) is 10.6. The van der Waals surface area contributed by atoms with Gasteiger partial charge in [0.25, 0.3) is 0 Å². The molecule has 1 aromatic carbocycles. The fourth-order valence-electron chi connectivity index (χ4n) is 4.82. The molecule has 0 heterocycles. The maximum atomic E-state index is 12.7. The number of ether oxygens (including phenoxy) is 1. The van der Waals surface area contributed by atoms with Crippen molar-refractivity contribution < 1.29 is 23.1 Å². The number of aliphatic carboxylic acids is 1. The number of carboxylic acid groups (broad SMARTS) is 1. The molecule has 2 aliphatic carbocycles. The summed E-state index contributed by atoms with van der Waals surface area (Å²) in [6, 6.07) is 7.24. The summed E-state index contributed by atoms with van der Waals surface area (Å²) >= 11 is 0. The Balaban J connectivity index is 1.59. The first kappa shape index (κ1) is 22.6. The molecule has 0 aliphatic heterocycles. The van der Waals surface area contributed by atoms with E-state index in [0.29, 0.717) is 29.9 Å². The van der Waals surface area contributed by atoms with Crippen LogP contribution in [-0.4, -0.2) is 32.6 Å². The zero-order chi connectivity index (χ0) is 21.6. The van der Waals surface area contributed by atoms with Gasteiger partial charge in [0.05, 0.1) is 7.11 Å². The Bertz CT molecular complexity index is 893. The number of sulfonamides is 1. The Labute approximate surface area is 179 Å². The number of unbranched alkanes of at least 4 members (excludes halogenated alkanes) is 1. The van der Waals surface area contributed by atoms with Gasteiger partial charge in [0.2, 0.25) is 10.0 Å². The molecule has 6 nitrogen and oxygen atoms in total. The lowest BCUT2D eigenvalue weighted by Crippen LogP contribution is -2.43. The van der Waals surface area contributed by atoms with Crippen molar-refractivity contribution in [1.82, 2.24) is 4.72 Å². The topological polar surface area (TPSA) is 92.7 Å². The monoisotopic (exact) mass is 433 g/mol. The van der Waals surface area contributed by atoms with Gasteiger partial charge in [0.15, 0.2) is 0 Å². The van der Waals surface area contributed by atoms with Gasteiger partial charge in [-0.2, -0.15) is 0 Å². The van der Waals surface area contributed by atoms with Gasteiger partial charge in [-0.25, -0.2) is 13.1 Å². The lowest BCUT2D eigenvalue weighted by atomic mass is 9.83. The van der Waals surface area contributed by atoms with E-state index in [1.165, 1.54) is 11.8 Å². The van der Waals surface area contributed by atoms with Crippen LogP contribution < -0.4 is 9.46 Å². The smallest absolute Gasteiger partial charge is 0.303 e. The second-order valence-electron chi connectivity index (χ2n) is 8.26. The number of fused-ring (bicyclic) bond motifs is 2. The van der Waals surface area contributed by atoms with Gasteiger partial charge < -0.3 is 9.84 Å². The fraction of sp³-hybridized carbons (Fsp3) is 0.522. The van der Waals surface area contributed by atoms with Crippen molar-refractivity contribution in [2.24, 2.45) is 17.8 Å². The first-order valence-electron chi connectivity index (χ1n) is 10.6. The lowest BCUT2D eigenvalue weighted by Gasteiger charge is -2.30. The molecule has 4 atom stereocenters. The van der Waals surface area contributed by atoms with Crippen molar-refractivity contribution in [3.8, 4) is 5.75 Å². The molecular weight excluding hydrogens is 402 g/mol. The van der Waals surface area contributed by atoms with Crippen LogP contribution in [0.2, 0.25) is 0 Å². The fourth-order valence-corrected chi connectivity index (χ4v) is 5.98. The van der Waals surface area contributed by atoms with Crippen LogP contribution in [0.5, 0.6) is 5.75 Å². The molecule has 4 unspecified atom stereocenters. The summed E-state index contributed by atoms with van der Waals surface area (Å²) in [7, 11) is -1.97. The van der Waals surface area contributed by atoms with E-state index in [2.05, 4.69) is 10.8 Å². The maximum Gasteiger partial charge on any atom is 0.303 e. The number of allylic oxidation sites excluding steroid dienone is 2. The van der Waals surface area contributed by atoms with Crippen LogP contribution in [-0.2, 0) is 14.8 Å². The maximum absolute atomic E-state index is 12.7. The molecular formula is C23H31NO5S. The summed E-state index contributed by atoms with van der Waals surface area (Å²) in [5.74, 6) is 1.19. The quantitative estimate of drug-likeness (QED) is 0.403. The molecule has 0 amide bonds. The van der Waals surface area contributed by atoms with Crippen molar-refractivity contribution in [2.45, 2.75) is 51.0 Å². The third-order valence-corrected chi connectivity index (χ3v) is 7.35. The highest BCUT2D eigenvalue weighted by Gasteiger charge is 2.47. The van der Waals surface area contributed by atoms with Gasteiger partial charge in [-0.3, -0.25) is 4.79 Å². The van der Waals surface area contributed by atoms with Crippen LogP contribution in [0.25, 0.3) is 6.08 Å². The first-order chi connectivity index (χ1) is 14.4. The predicted octanol–water partition coefficient (Wildman–Crippen LogP) is 4.20. The average Bonchev–Trinajstić information content (AvgIpc) is 3.31. The molecule has 3 rings (SSSR count). The number of hydrogen-bond donors (Lipinski definition) is 2. The number of carboxylic acids is 1. The SMILES string of the molecule is COc1cccc(C=CS(=O)(=O)NC2C3CCC(C3)C2CC=CCCCC(=O)O)c1. The largest absolute Gasteiger partial charge is 0.497 e. The number of rotatable bonds is 11. The molecule has 2 aliphatic rings. The first-order valence-corrected chi connectivity index (χ1v) is 12.1. The Morgan fingerprint density at radius 3 is 2.83 bits per heavy atom. The van der Waals surface area contributed by atoms with E-state index in [4.69, 9.17) is 9.84 Å². The Kier molecular flexibility index (Phi) is 7.72. The van der Waals surface area contributed by atoms with E-state index in [9.17, 15) is 13.2 Å². The molecule has 0 radical (unpaired) electrons. The minimum atomic E-state index is -3.55. The molecule has 2 saturated carbocycles. The minimum absolute atomic E-state index is 0.0348. The Morgan fingerprint density at radius 2 is 2.07 bits per heavy atom. The van der Waals surface area contributed by atoms with Crippen molar-refractivity contribution in [3.05, 3.63) is 47.4 Å². The normalized spacial score (nSPS) is 26.0. The van der Waals surface area contributed by atoms with E-state index >= 15 is 0 Å². The van der Waals surface area contributed by atoms with Crippen molar-refractivity contribution in [3.63, 3.8) is 0 Å². The van der Waals surface area contributed by atoms with Crippen molar-refractivity contribution in [2.75, 3.05) is 7.11 Å². The van der Waals surface area contributed by atoms with Gasteiger partial charge in [0.1, 0.15) is 5.75 Å². The zero-order valence-electron chi connectivity index (χ0n) is 17.4. The number of carbonyl (C=O) groups is 1. The highest BCUT2D eigenvalue weighted by Crippen LogP contribution is 2.50. The van der Waals surface area contributed by atoms with Gasteiger partial charge in [-0.05, 0) is 80.1 Å². The molecule has 30 heavy (non-hydrogen) atoms.